The Morgan fingerprint density at radius 3 is 2.83 bits per heavy atom. The van der Waals surface area contributed by atoms with Crippen molar-refractivity contribution in [3.8, 4) is 5.75 Å². The average molecular weight is 312 g/mol. The molecule has 1 unspecified atom stereocenters. The topological polar surface area (TPSA) is 100 Å². The molecule has 8 nitrogen and oxygen atoms in total. The summed E-state index contributed by atoms with van der Waals surface area (Å²) >= 11 is 0. The number of nitro benzene ring substituents is 1. The molecule has 3 aromatic rings. The van der Waals surface area contributed by atoms with Crippen LogP contribution in [0, 0.1) is 10.1 Å². The van der Waals surface area contributed by atoms with Crippen LogP contribution in [-0.4, -0.2) is 25.9 Å². The van der Waals surface area contributed by atoms with Crippen LogP contribution in [0.15, 0.2) is 48.5 Å². The second kappa shape index (κ2) is 5.84. The normalized spacial score (nSPS) is 12.0. The summed E-state index contributed by atoms with van der Waals surface area (Å²) in [6.45, 7) is 1.63. The maximum Gasteiger partial charge on any atom is 0.336 e. The molecule has 0 radical (unpaired) electrons. The Bertz CT molecular complexity index is 890. The number of carbonyl (C=O) groups is 1. The predicted octanol–water partition coefficient (Wildman–Crippen LogP) is 2.51. The molecule has 0 aliphatic carbocycles. The minimum absolute atomic E-state index is 0.112. The monoisotopic (exact) mass is 312 g/mol. The van der Waals surface area contributed by atoms with Crippen LogP contribution in [0.25, 0.3) is 11.0 Å². The van der Waals surface area contributed by atoms with Gasteiger partial charge >= 0.3 is 5.97 Å². The molecule has 8 heteroatoms. The number of carbonyl (C=O) groups excluding carboxylic acids is 1. The van der Waals surface area contributed by atoms with E-state index in [1.165, 1.54) is 28.9 Å². The molecule has 116 valence electrons. The largest absolute Gasteiger partial charge is 0.425 e. The van der Waals surface area contributed by atoms with Crippen molar-refractivity contribution in [3.05, 3.63) is 58.6 Å². The summed E-state index contributed by atoms with van der Waals surface area (Å²) in [5.74, 6) is -0.471. The predicted molar refractivity (Wildman–Crippen MR) is 81.0 cm³/mol. The van der Waals surface area contributed by atoms with Crippen molar-refractivity contribution in [1.82, 2.24) is 15.0 Å². The van der Waals surface area contributed by atoms with E-state index in [1.807, 2.05) is 12.1 Å². The van der Waals surface area contributed by atoms with Crippen LogP contribution in [0.3, 0.4) is 0 Å². The average Bonchev–Trinajstić information content (AvgIpc) is 2.98. The molecule has 0 saturated carbocycles. The van der Waals surface area contributed by atoms with Crippen LogP contribution in [-0.2, 0) is 4.79 Å². The second-order valence-electron chi connectivity index (χ2n) is 4.87. The van der Waals surface area contributed by atoms with Crippen molar-refractivity contribution >= 4 is 22.7 Å². The number of ether oxygens (including phenoxy) is 1. The molecule has 0 saturated heterocycles. The van der Waals surface area contributed by atoms with Crippen LogP contribution >= 0.6 is 0 Å². The molecular weight excluding hydrogens is 300 g/mol. The number of hydrogen-bond acceptors (Lipinski definition) is 6. The fourth-order valence-corrected chi connectivity index (χ4v) is 2.13. The van der Waals surface area contributed by atoms with Crippen molar-refractivity contribution < 1.29 is 14.5 Å². The number of hydrogen-bond donors (Lipinski definition) is 0. The van der Waals surface area contributed by atoms with Crippen LogP contribution < -0.4 is 4.74 Å². The van der Waals surface area contributed by atoms with E-state index in [4.69, 9.17) is 4.74 Å². The summed E-state index contributed by atoms with van der Waals surface area (Å²) in [7, 11) is 0. The van der Waals surface area contributed by atoms with E-state index < -0.39 is 16.9 Å². The Labute approximate surface area is 130 Å². The van der Waals surface area contributed by atoms with Gasteiger partial charge in [-0.25, -0.2) is 9.48 Å². The number of para-hydroxylation sites is 1. The maximum absolute atomic E-state index is 12.3. The van der Waals surface area contributed by atoms with E-state index in [9.17, 15) is 14.9 Å². The van der Waals surface area contributed by atoms with Crippen LogP contribution in [0.4, 0.5) is 5.69 Å². The smallest absolute Gasteiger partial charge is 0.336 e. The summed E-state index contributed by atoms with van der Waals surface area (Å²) in [6.07, 6.45) is 0. The summed E-state index contributed by atoms with van der Waals surface area (Å²) in [5.41, 5.74) is 1.23. The van der Waals surface area contributed by atoms with Gasteiger partial charge in [0.1, 0.15) is 17.3 Å². The van der Waals surface area contributed by atoms with E-state index in [2.05, 4.69) is 10.3 Å². The lowest BCUT2D eigenvalue weighted by molar-refractivity contribution is -0.384. The third-order valence-corrected chi connectivity index (χ3v) is 3.33. The van der Waals surface area contributed by atoms with Gasteiger partial charge in [0.15, 0.2) is 0 Å². The fourth-order valence-electron chi connectivity index (χ4n) is 2.13. The van der Waals surface area contributed by atoms with Gasteiger partial charge in [-0.15, -0.1) is 5.10 Å². The number of benzene rings is 2. The molecule has 0 aliphatic heterocycles. The van der Waals surface area contributed by atoms with Crippen molar-refractivity contribution in [2.75, 3.05) is 0 Å². The molecule has 0 spiro atoms. The lowest BCUT2D eigenvalue weighted by Crippen LogP contribution is -2.22. The highest BCUT2D eigenvalue weighted by atomic mass is 16.6. The molecule has 0 N–H and O–H groups in total. The van der Waals surface area contributed by atoms with Crippen LogP contribution in [0.5, 0.6) is 5.75 Å². The van der Waals surface area contributed by atoms with Gasteiger partial charge in [-0.05, 0) is 25.1 Å². The third-order valence-electron chi connectivity index (χ3n) is 3.33. The number of nitrogens with zero attached hydrogens (tertiary/aromatic N) is 4. The van der Waals surface area contributed by atoms with E-state index in [0.29, 0.717) is 11.0 Å². The first-order chi connectivity index (χ1) is 11.1. The van der Waals surface area contributed by atoms with Crippen molar-refractivity contribution in [2.45, 2.75) is 13.0 Å². The van der Waals surface area contributed by atoms with Gasteiger partial charge in [-0.2, -0.15) is 0 Å². The van der Waals surface area contributed by atoms with E-state index in [1.54, 1.807) is 19.1 Å². The fraction of sp³-hybridized carbons (Fsp3) is 0.133. The second-order valence-corrected chi connectivity index (χ2v) is 4.87. The Kier molecular flexibility index (Phi) is 3.71. The Morgan fingerprint density at radius 2 is 2.04 bits per heavy atom. The van der Waals surface area contributed by atoms with E-state index >= 15 is 0 Å². The molecule has 23 heavy (non-hydrogen) atoms. The zero-order chi connectivity index (χ0) is 16.4. The number of nitro groups is 1. The van der Waals surface area contributed by atoms with Crippen LogP contribution in [0.1, 0.15) is 13.0 Å². The molecule has 3 rings (SSSR count). The van der Waals surface area contributed by atoms with Gasteiger partial charge in [0, 0.05) is 6.07 Å². The zero-order valence-electron chi connectivity index (χ0n) is 12.1. The van der Waals surface area contributed by atoms with Gasteiger partial charge in [0.25, 0.3) is 5.69 Å². The van der Waals surface area contributed by atoms with Crippen LogP contribution in [0.2, 0.25) is 0 Å². The first-order valence-electron chi connectivity index (χ1n) is 6.82. The van der Waals surface area contributed by atoms with Gasteiger partial charge in [-0.1, -0.05) is 23.4 Å². The highest BCUT2D eigenvalue weighted by Crippen LogP contribution is 2.22. The zero-order valence-corrected chi connectivity index (χ0v) is 12.1. The number of esters is 1. The SMILES string of the molecule is CC(C(=O)Oc1cccc([N+](=O)[O-])c1)n1nnc2ccccc21. The highest BCUT2D eigenvalue weighted by molar-refractivity contribution is 5.80. The minimum Gasteiger partial charge on any atom is -0.425 e. The van der Waals surface area contributed by atoms with Gasteiger partial charge in [0.05, 0.1) is 16.5 Å². The lowest BCUT2D eigenvalue weighted by atomic mass is 10.2. The standard InChI is InChI=1S/C15H12N4O4/c1-10(18-14-8-3-2-7-13(14)16-17-18)15(20)23-12-6-4-5-11(9-12)19(21)22/h2-10H,1H3. The number of aromatic nitrogens is 3. The van der Waals surface area contributed by atoms with Crippen molar-refractivity contribution in [3.63, 3.8) is 0 Å². The van der Waals surface area contributed by atoms with Gasteiger partial charge in [0.2, 0.25) is 0 Å². The Morgan fingerprint density at radius 1 is 1.26 bits per heavy atom. The molecule has 1 aromatic heterocycles. The van der Waals surface area contributed by atoms with Gasteiger partial charge < -0.3 is 4.74 Å². The molecule has 1 heterocycles. The molecule has 0 fully saturated rings. The molecule has 0 bridgehead atoms. The van der Waals surface area contributed by atoms with Crippen molar-refractivity contribution in [1.29, 1.82) is 0 Å². The molecule has 0 aliphatic rings. The van der Waals surface area contributed by atoms with Crippen molar-refractivity contribution in [2.24, 2.45) is 0 Å². The number of non-ortho nitro benzene ring substituents is 1. The third kappa shape index (κ3) is 2.86. The quantitative estimate of drug-likeness (QED) is 0.317. The molecule has 0 amide bonds. The first kappa shape index (κ1) is 14.6. The highest BCUT2D eigenvalue weighted by Gasteiger charge is 2.21. The Balaban J connectivity index is 1.83. The summed E-state index contributed by atoms with van der Waals surface area (Å²) in [6, 6.07) is 12.0. The Hall–Kier alpha value is -3.29. The summed E-state index contributed by atoms with van der Waals surface area (Å²) < 4.78 is 6.66. The molecular formula is C15H12N4O4. The first-order valence-corrected chi connectivity index (χ1v) is 6.82. The minimum atomic E-state index is -0.721. The maximum atomic E-state index is 12.3. The lowest BCUT2D eigenvalue weighted by Gasteiger charge is -2.11. The molecule has 2 aromatic carbocycles. The van der Waals surface area contributed by atoms with Gasteiger partial charge in [-0.3, -0.25) is 10.1 Å². The summed E-state index contributed by atoms with van der Waals surface area (Å²) in [4.78, 5) is 22.5. The summed E-state index contributed by atoms with van der Waals surface area (Å²) in [5, 5.41) is 18.7. The van der Waals surface area contributed by atoms with E-state index in [0.717, 1.165) is 0 Å². The number of rotatable bonds is 4. The van der Waals surface area contributed by atoms with E-state index in [-0.39, 0.29) is 11.4 Å². The molecule has 1 atom stereocenters. The number of fused-ring (bicyclic) bond motifs is 1.